The molecule has 1 rings (SSSR count). The van der Waals surface area contributed by atoms with Crippen molar-refractivity contribution in [3.63, 3.8) is 0 Å². The summed E-state index contributed by atoms with van der Waals surface area (Å²) < 4.78 is 0. The van der Waals surface area contributed by atoms with Crippen LogP contribution in [-0.4, -0.2) is 28.1 Å². The second-order valence-corrected chi connectivity index (χ2v) is 5.90. The Morgan fingerprint density at radius 1 is 1.41 bits per heavy atom. The molecule has 96 valence electrons. The first-order chi connectivity index (χ1) is 7.93. The highest BCUT2D eigenvalue weighted by Crippen LogP contribution is 2.20. The summed E-state index contributed by atoms with van der Waals surface area (Å²) in [7, 11) is 0. The summed E-state index contributed by atoms with van der Waals surface area (Å²) >= 11 is 1.67. The lowest BCUT2D eigenvalue weighted by atomic mass is 10.0. The summed E-state index contributed by atoms with van der Waals surface area (Å²) in [4.78, 5) is 14.6. The van der Waals surface area contributed by atoms with E-state index in [-0.39, 0.29) is 12.0 Å². The minimum atomic E-state index is -0.731. The van der Waals surface area contributed by atoms with Crippen molar-refractivity contribution in [2.75, 3.05) is 0 Å². The maximum absolute atomic E-state index is 11.4. The molecule has 17 heavy (non-hydrogen) atoms. The zero-order valence-electron chi connectivity index (χ0n) is 10.9. The van der Waals surface area contributed by atoms with Gasteiger partial charge in [0.15, 0.2) is 0 Å². The Labute approximate surface area is 107 Å². The van der Waals surface area contributed by atoms with E-state index in [1.807, 2.05) is 39.1 Å². The average molecular weight is 255 g/mol. The molecule has 0 saturated heterocycles. The topological polar surface area (TPSA) is 40.5 Å². The number of hydrogen-bond donors (Lipinski definition) is 1. The van der Waals surface area contributed by atoms with E-state index in [0.29, 0.717) is 6.54 Å². The summed E-state index contributed by atoms with van der Waals surface area (Å²) in [6, 6.07) is 3.86. The Bertz CT molecular complexity index is 346. The number of nitrogens with zero attached hydrogens (tertiary/aromatic N) is 1. The van der Waals surface area contributed by atoms with Crippen LogP contribution in [0.4, 0.5) is 0 Å². The molecule has 0 aliphatic carbocycles. The zero-order valence-corrected chi connectivity index (χ0v) is 11.7. The molecule has 0 fully saturated rings. The van der Waals surface area contributed by atoms with Crippen LogP contribution in [0.3, 0.4) is 0 Å². The first-order valence-corrected chi connectivity index (χ1v) is 6.82. The molecule has 0 aromatic carbocycles. The maximum atomic E-state index is 11.4. The molecule has 1 unspecified atom stereocenters. The molecule has 1 aromatic heterocycles. The quantitative estimate of drug-likeness (QED) is 0.849. The fraction of sp³-hybridized carbons (Fsp3) is 0.615. The third-order valence-electron chi connectivity index (χ3n) is 2.82. The number of thiophene rings is 1. The van der Waals surface area contributed by atoms with E-state index in [1.165, 1.54) is 4.88 Å². The molecule has 0 bridgehead atoms. The van der Waals surface area contributed by atoms with Crippen LogP contribution < -0.4 is 0 Å². The summed E-state index contributed by atoms with van der Waals surface area (Å²) in [5.41, 5.74) is 0. The molecular weight excluding hydrogens is 234 g/mol. The molecule has 1 N–H and O–H groups in total. The van der Waals surface area contributed by atoms with Crippen molar-refractivity contribution in [3.8, 4) is 0 Å². The highest BCUT2D eigenvalue weighted by atomic mass is 32.1. The third-order valence-corrected chi connectivity index (χ3v) is 3.68. The van der Waals surface area contributed by atoms with Gasteiger partial charge >= 0.3 is 5.97 Å². The molecule has 0 radical (unpaired) electrons. The van der Waals surface area contributed by atoms with Gasteiger partial charge in [-0.05, 0) is 31.2 Å². The molecule has 0 aliphatic heterocycles. The van der Waals surface area contributed by atoms with Gasteiger partial charge in [-0.25, -0.2) is 0 Å². The van der Waals surface area contributed by atoms with Gasteiger partial charge in [-0.2, -0.15) is 0 Å². The van der Waals surface area contributed by atoms with E-state index in [9.17, 15) is 9.90 Å². The molecule has 0 spiro atoms. The van der Waals surface area contributed by atoms with E-state index >= 15 is 0 Å². The van der Waals surface area contributed by atoms with Crippen LogP contribution in [0.25, 0.3) is 0 Å². The number of carboxylic acid groups (broad SMARTS) is 1. The van der Waals surface area contributed by atoms with E-state index in [2.05, 4.69) is 11.0 Å². The van der Waals surface area contributed by atoms with Gasteiger partial charge in [-0.15, -0.1) is 11.3 Å². The summed E-state index contributed by atoms with van der Waals surface area (Å²) in [6.07, 6.45) is 0. The summed E-state index contributed by atoms with van der Waals surface area (Å²) in [6.45, 7) is 8.73. The Morgan fingerprint density at radius 2 is 2.06 bits per heavy atom. The van der Waals surface area contributed by atoms with Crippen LogP contribution >= 0.6 is 11.3 Å². The van der Waals surface area contributed by atoms with E-state index < -0.39 is 12.0 Å². The number of carbonyl (C=O) groups is 1. The third kappa shape index (κ3) is 3.82. The van der Waals surface area contributed by atoms with Gasteiger partial charge in [0.25, 0.3) is 0 Å². The second kappa shape index (κ2) is 6.17. The van der Waals surface area contributed by atoms with E-state index in [0.717, 1.165) is 0 Å². The molecule has 0 amide bonds. The molecule has 1 heterocycles. The van der Waals surface area contributed by atoms with Crippen molar-refractivity contribution < 1.29 is 9.90 Å². The first kappa shape index (κ1) is 14.2. The second-order valence-electron chi connectivity index (χ2n) is 4.87. The van der Waals surface area contributed by atoms with Gasteiger partial charge in [-0.3, -0.25) is 9.69 Å². The van der Waals surface area contributed by atoms with Crippen LogP contribution in [0, 0.1) is 5.92 Å². The van der Waals surface area contributed by atoms with Gasteiger partial charge in [0.05, 0.1) is 0 Å². The Morgan fingerprint density at radius 3 is 2.41 bits per heavy atom. The monoisotopic (exact) mass is 255 g/mol. The van der Waals surface area contributed by atoms with Gasteiger partial charge in [0.2, 0.25) is 0 Å². The molecule has 0 aliphatic rings. The predicted octanol–water partition coefficient (Wildman–Crippen LogP) is 3.07. The highest BCUT2D eigenvalue weighted by Gasteiger charge is 2.30. The fourth-order valence-corrected chi connectivity index (χ4v) is 2.71. The van der Waals surface area contributed by atoms with Crippen LogP contribution in [0.2, 0.25) is 0 Å². The molecule has 0 saturated carbocycles. The maximum Gasteiger partial charge on any atom is 0.321 e. The summed E-state index contributed by atoms with van der Waals surface area (Å²) in [5, 5.41) is 11.4. The number of aliphatic carboxylic acids is 1. The van der Waals surface area contributed by atoms with Gasteiger partial charge < -0.3 is 5.11 Å². The molecule has 4 heteroatoms. The molecule has 1 atom stereocenters. The summed E-state index contributed by atoms with van der Waals surface area (Å²) in [5.74, 6) is -0.625. The van der Waals surface area contributed by atoms with Gasteiger partial charge in [0.1, 0.15) is 6.04 Å². The average Bonchev–Trinajstić information content (AvgIpc) is 2.67. The lowest BCUT2D eigenvalue weighted by Crippen LogP contribution is -2.47. The minimum Gasteiger partial charge on any atom is -0.480 e. The van der Waals surface area contributed by atoms with Crippen molar-refractivity contribution in [1.82, 2.24) is 4.90 Å². The van der Waals surface area contributed by atoms with Crippen LogP contribution in [0.1, 0.15) is 32.6 Å². The number of carboxylic acids is 1. The Balaban J connectivity index is 2.87. The van der Waals surface area contributed by atoms with Crippen molar-refractivity contribution in [2.45, 2.75) is 46.3 Å². The standard InChI is InChI=1S/C13H21NO2S/c1-9(2)12(13(15)16)14(10(3)4)8-11-6-5-7-17-11/h5-7,9-10,12H,8H2,1-4H3,(H,15,16). The lowest BCUT2D eigenvalue weighted by molar-refractivity contribution is -0.146. The van der Waals surface area contributed by atoms with Crippen molar-refractivity contribution in [2.24, 2.45) is 5.92 Å². The number of rotatable bonds is 6. The Kier molecular flexibility index (Phi) is 5.15. The molecule has 1 aromatic rings. The predicted molar refractivity (Wildman–Crippen MR) is 71.3 cm³/mol. The van der Waals surface area contributed by atoms with Crippen molar-refractivity contribution in [1.29, 1.82) is 0 Å². The van der Waals surface area contributed by atoms with E-state index in [4.69, 9.17) is 0 Å². The first-order valence-electron chi connectivity index (χ1n) is 5.94. The highest BCUT2D eigenvalue weighted by molar-refractivity contribution is 7.09. The van der Waals surface area contributed by atoms with Gasteiger partial charge in [-0.1, -0.05) is 19.9 Å². The molecular formula is C13H21NO2S. The van der Waals surface area contributed by atoms with Crippen LogP contribution in [0.5, 0.6) is 0 Å². The zero-order chi connectivity index (χ0) is 13.0. The SMILES string of the molecule is CC(C)C(C(=O)O)N(Cc1cccs1)C(C)C. The van der Waals surface area contributed by atoms with Gasteiger partial charge in [0, 0.05) is 17.5 Å². The minimum absolute atomic E-state index is 0.106. The van der Waals surface area contributed by atoms with E-state index in [1.54, 1.807) is 11.3 Å². The van der Waals surface area contributed by atoms with Crippen molar-refractivity contribution >= 4 is 17.3 Å². The normalized spacial score (nSPS) is 13.6. The smallest absolute Gasteiger partial charge is 0.321 e. The molecule has 3 nitrogen and oxygen atoms in total. The number of hydrogen-bond acceptors (Lipinski definition) is 3. The van der Waals surface area contributed by atoms with Crippen LogP contribution in [0.15, 0.2) is 17.5 Å². The largest absolute Gasteiger partial charge is 0.480 e. The van der Waals surface area contributed by atoms with Crippen molar-refractivity contribution in [3.05, 3.63) is 22.4 Å². The fourth-order valence-electron chi connectivity index (χ4n) is 1.99. The van der Waals surface area contributed by atoms with Crippen LogP contribution in [-0.2, 0) is 11.3 Å². The lowest BCUT2D eigenvalue weighted by Gasteiger charge is -2.34. The Hall–Kier alpha value is -0.870.